The van der Waals surface area contributed by atoms with E-state index in [1.165, 1.54) is 37.9 Å². The number of piperidine rings is 1. The van der Waals surface area contributed by atoms with Gasteiger partial charge in [0.2, 0.25) is 0 Å². The van der Waals surface area contributed by atoms with Crippen LogP contribution in [0.25, 0.3) is 0 Å². The summed E-state index contributed by atoms with van der Waals surface area (Å²) in [6.07, 6.45) is 4.57. The first-order chi connectivity index (χ1) is 8.74. The number of aliphatic hydroxyl groups excluding tert-OH is 1. The average molecular weight is 247 g/mol. The van der Waals surface area contributed by atoms with Gasteiger partial charge in [-0.25, -0.2) is 0 Å². The van der Waals surface area contributed by atoms with Crippen LogP contribution in [0.15, 0.2) is 30.3 Å². The lowest BCUT2D eigenvalue weighted by atomic mass is 9.90. The molecule has 2 rings (SSSR count). The van der Waals surface area contributed by atoms with E-state index in [4.69, 9.17) is 0 Å². The first-order valence-electron chi connectivity index (χ1n) is 7.18. The third kappa shape index (κ3) is 4.43. The fraction of sp³-hybridized carbons (Fsp3) is 0.625. The maximum atomic E-state index is 9.30. The second-order valence-corrected chi connectivity index (χ2v) is 5.61. The van der Waals surface area contributed by atoms with Crippen LogP contribution in [-0.2, 0) is 6.42 Å². The van der Waals surface area contributed by atoms with Crippen molar-refractivity contribution in [3.05, 3.63) is 35.9 Å². The number of benzene rings is 1. The first kappa shape index (κ1) is 13.6. The van der Waals surface area contributed by atoms with Gasteiger partial charge in [0.05, 0.1) is 6.10 Å². The molecule has 1 saturated heterocycles. The van der Waals surface area contributed by atoms with Crippen LogP contribution in [0.3, 0.4) is 0 Å². The van der Waals surface area contributed by atoms with Gasteiger partial charge in [-0.05, 0) is 57.2 Å². The van der Waals surface area contributed by atoms with Crippen LogP contribution in [0.4, 0.5) is 0 Å². The number of aliphatic hydroxyl groups is 1. The van der Waals surface area contributed by atoms with Gasteiger partial charge >= 0.3 is 0 Å². The lowest BCUT2D eigenvalue weighted by Crippen LogP contribution is -2.35. The van der Waals surface area contributed by atoms with Crippen molar-refractivity contribution in [1.29, 1.82) is 0 Å². The molecule has 0 spiro atoms. The van der Waals surface area contributed by atoms with Gasteiger partial charge < -0.3 is 10.0 Å². The van der Waals surface area contributed by atoms with Crippen molar-refractivity contribution in [2.24, 2.45) is 5.92 Å². The molecule has 1 unspecified atom stereocenters. The molecule has 0 aliphatic carbocycles. The van der Waals surface area contributed by atoms with Crippen molar-refractivity contribution in [3.63, 3.8) is 0 Å². The van der Waals surface area contributed by atoms with Gasteiger partial charge in [0.1, 0.15) is 0 Å². The molecule has 1 fully saturated rings. The molecular formula is C16H25NO. The van der Waals surface area contributed by atoms with Gasteiger partial charge in [-0.1, -0.05) is 30.3 Å². The molecule has 0 amide bonds. The van der Waals surface area contributed by atoms with Gasteiger partial charge in [0, 0.05) is 6.54 Å². The van der Waals surface area contributed by atoms with Gasteiger partial charge in [-0.3, -0.25) is 0 Å². The lowest BCUT2D eigenvalue weighted by molar-refractivity contribution is 0.133. The molecule has 1 heterocycles. The lowest BCUT2D eigenvalue weighted by Gasteiger charge is -2.32. The highest BCUT2D eigenvalue weighted by Crippen LogP contribution is 2.21. The van der Waals surface area contributed by atoms with Crippen molar-refractivity contribution in [3.8, 4) is 0 Å². The van der Waals surface area contributed by atoms with E-state index in [0.717, 1.165) is 18.9 Å². The summed E-state index contributed by atoms with van der Waals surface area (Å²) in [5, 5.41) is 9.30. The van der Waals surface area contributed by atoms with Gasteiger partial charge in [0.15, 0.2) is 0 Å². The van der Waals surface area contributed by atoms with Crippen LogP contribution < -0.4 is 0 Å². The third-order valence-corrected chi connectivity index (χ3v) is 3.94. The quantitative estimate of drug-likeness (QED) is 0.865. The fourth-order valence-corrected chi connectivity index (χ4v) is 2.73. The number of hydrogen-bond acceptors (Lipinski definition) is 2. The Morgan fingerprint density at radius 1 is 1.22 bits per heavy atom. The highest BCUT2D eigenvalue weighted by atomic mass is 16.3. The predicted octanol–water partition coefficient (Wildman–Crippen LogP) is 2.71. The smallest absolute Gasteiger partial charge is 0.0524 e. The Morgan fingerprint density at radius 3 is 2.50 bits per heavy atom. The van der Waals surface area contributed by atoms with Crippen LogP contribution >= 0.6 is 0 Å². The number of likely N-dealkylation sites (tertiary alicyclic amines) is 1. The van der Waals surface area contributed by atoms with Gasteiger partial charge in [-0.2, -0.15) is 0 Å². The highest BCUT2D eigenvalue weighted by molar-refractivity contribution is 5.15. The van der Waals surface area contributed by atoms with E-state index < -0.39 is 0 Å². The monoisotopic (exact) mass is 247 g/mol. The van der Waals surface area contributed by atoms with E-state index in [0.29, 0.717) is 0 Å². The molecule has 0 saturated carbocycles. The minimum Gasteiger partial charge on any atom is -0.393 e. The molecule has 1 N–H and O–H groups in total. The Morgan fingerprint density at radius 2 is 1.89 bits per heavy atom. The number of nitrogens with zero attached hydrogens (tertiary/aromatic N) is 1. The Hall–Kier alpha value is -0.860. The Balaban J connectivity index is 1.70. The second-order valence-electron chi connectivity index (χ2n) is 5.61. The molecular weight excluding hydrogens is 222 g/mol. The van der Waals surface area contributed by atoms with E-state index in [1.54, 1.807) is 0 Å². The van der Waals surface area contributed by atoms with E-state index in [9.17, 15) is 5.11 Å². The van der Waals surface area contributed by atoms with Crippen LogP contribution in [0.5, 0.6) is 0 Å². The minimum absolute atomic E-state index is 0.160. The van der Waals surface area contributed by atoms with Gasteiger partial charge in [-0.15, -0.1) is 0 Å². The highest BCUT2D eigenvalue weighted by Gasteiger charge is 2.19. The molecule has 0 radical (unpaired) electrons. The van der Waals surface area contributed by atoms with E-state index in [2.05, 4.69) is 35.2 Å². The standard InChI is InChI=1S/C16H25NO/c1-14(18)7-10-17-11-8-16(9-12-17)13-15-5-3-2-4-6-15/h2-6,14,16,18H,7-13H2,1H3. The van der Waals surface area contributed by atoms with Crippen molar-refractivity contribution in [1.82, 2.24) is 4.90 Å². The summed E-state index contributed by atoms with van der Waals surface area (Å²) in [5.41, 5.74) is 1.47. The first-order valence-corrected chi connectivity index (χ1v) is 7.18. The summed E-state index contributed by atoms with van der Waals surface area (Å²) in [4.78, 5) is 2.49. The summed E-state index contributed by atoms with van der Waals surface area (Å²) in [5.74, 6) is 0.843. The van der Waals surface area contributed by atoms with Crippen LogP contribution in [0.2, 0.25) is 0 Å². The largest absolute Gasteiger partial charge is 0.393 e. The third-order valence-electron chi connectivity index (χ3n) is 3.94. The molecule has 18 heavy (non-hydrogen) atoms. The van der Waals surface area contributed by atoms with Crippen molar-refractivity contribution in [2.45, 2.75) is 38.7 Å². The summed E-state index contributed by atoms with van der Waals surface area (Å²) < 4.78 is 0. The van der Waals surface area contributed by atoms with Crippen molar-refractivity contribution in [2.75, 3.05) is 19.6 Å². The molecule has 1 aromatic rings. The predicted molar refractivity (Wildman–Crippen MR) is 75.6 cm³/mol. The topological polar surface area (TPSA) is 23.5 Å². The van der Waals surface area contributed by atoms with E-state index in [-0.39, 0.29) is 6.10 Å². The second kappa shape index (κ2) is 6.91. The molecule has 2 heteroatoms. The Labute approximate surface area is 111 Å². The average Bonchev–Trinajstić information content (AvgIpc) is 2.39. The van der Waals surface area contributed by atoms with Crippen LogP contribution in [-0.4, -0.2) is 35.7 Å². The number of hydrogen-bond donors (Lipinski definition) is 1. The van der Waals surface area contributed by atoms with Crippen molar-refractivity contribution < 1.29 is 5.11 Å². The molecule has 1 aliphatic rings. The molecule has 0 aromatic heterocycles. The maximum Gasteiger partial charge on any atom is 0.0524 e. The van der Waals surface area contributed by atoms with Crippen LogP contribution in [0, 0.1) is 5.92 Å². The summed E-state index contributed by atoms with van der Waals surface area (Å²) >= 11 is 0. The Bertz CT molecular complexity index is 328. The number of rotatable bonds is 5. The molecule has 100 valence electrons. The SMILES string of the molecule is CC(O)CCN1CCC(Cc2ccccc2)CC1. The zero-order valence-electron chi connectivity index (χ0n) is 11.4. The summed E-state index contributed by atoms with van der Waals surface area (Å²) in [6, 6.07) is 10.8. The normalized spacial score (nSPS) is 19.9. The Kier molecular flexibility index (Phi) is 5.21. The van der Waals surface area contributed by atoms with Crippen LogP contribution in [0.1, 0.15) is 31.7 Å². The fourth-order valence-electron chi connectivity index (χ4n) is 2.73. The van der Waals surface area contributed by atoms with Crippen molar-refractivity contribution >= 4 is 0 Å². The van der Waals surface area contributed by atoms with E-state index in [1.807, 2.05) is 6.92 Å². The maximum absolute atomic E-state index is 9.30. The minimum atomic E-state index is -0.160. The van der Waals surface area contributed by atoms with E-state index >= 15 is 0 Å². The molecule has 2 nitrogen and oxygen atoms in total. The van der Waals surface area contributed by atoms with Gasteiger partial charge in [0.25, 0.3) is 0 Å². The molecule has 1 atom stereocenters. The molecule has 1 aromatic carbocycles. The molecule has 1 aliphatic heterocycles. The molecule has 0 bridgehead atoms. The zero-order chi connectivity index (χ0) is 12.8. The summed E-state index contributed by atoms with van der Waals surface area (Å²) in [7, 11) is 0. The zero-order valence-corrected chi connectivity index (χ0v) is 11.4. The summed E-state index contributed by atoms with van der Waals surface area (Å²) in [6.45, 7) is 5.33.